The largest absolute Gasteiger partial charge is 0.480 e. The molecule has 0 aromatic heterocycles. The zero-order chi connectivity index (χ0) is 14.6. The van der Waals surface area contributed by atoms with E-state index in [-0.39, 0.29) is 10.7 Å². The fourth-order valence-corrected chi connectivity index (χ4v) is 1.46. The van der Waals surface area contributed by atoms with E-state index in [1.165, 1.54) is 25.1 Å². The average molecular weight is 291 g/mol. The predicted molar refractivity (Wildman–Crippen MR) is 66.7 cm³/mol. The van der Waals surface area contributed by atoms with E-state index >= 15 is 0 Å². The summed E-state index contributed by atoms with van der Waals surface area (Å²) in [6.07, 6.45) is -1.30. The number of urea groups is 1. The minimum absolute atomic E-state index is 0.178. The van der Waals surface area contributed by atoms with Crippen molar-refractivity contribution < 1.29 is 24.2 Å². The Morgan fingerprint density at radius 2 is 2.05 bits per heavy atom. The molecule has 2 atom stereocenters. The Kier molecular flexibility index (Phi) is 5.08. The quantitative estimate of drug-likeness (QED) is 0.674. The lowest BCUT2D eigenvalue weighted by Crippen LogP contribution is -2.49. The molecule has 1 rings (SSSR count). The van der Waals surface area contributed by atoms with Crippen LogP contribution in [0.25, 0.3) is 0 Å². The van der Waals surface area contributed by atoms with Gasteiger partial charge in [-0.2, -0.15) is 0 Å². The molecule has 0 heterocycles. The maximum atomic E-state index is 13.5. The van der Waals surface area contributed by atoms with Gasteiger partial charge in [0.1, 0.15) is 0 Å². The SMILES string of the molecule is CC(O)C(NC(=O)Nc1cccc(Cl)c1F)C(=O)O. The summed E-state index contributed by atoms with van der Waals surface area (Å²) in [5.41, 5.74) is -0.195. The molecule has 0 saturated heterocycles. The number of aliphatic hydroxyl groups is 1. The van der Waals surface area contributed by atoms with E-state index in [2.05, 4.69) is 5.32 Å². The number of hydrogen-bond donors (Lipinski definition) is 4. The third-order valence-corrected chi connectivity index (χ3v) is 2.53. The zero-order valence-electron chi connectivity index (χ0n) is 9.85. The zero-order valence-corrected chi connectivity index (χ0v) is 10.6. The summed E-state index contributed by atoms with van der Waals surface area (Å²) in [6, 6.07) is 1.52. The van der Waals surface area contributed by atoms with E-state index in [4.69, 9.17) is 16.7 Å². The van der Waals surface area contributed by atoms with Gasteiger partial charge in [-0.1, -0.05) is 17.7 Å². The Labute approximate surface area is 113 Å². The molecule has 0 aliphatic carbocycles. The minimum atomic E-state index is -1.50. The molecule has 0 spiro atoms. The van der Waals surface area contributed by atoms with Crippen LogP contribution in [0.4, 0.5) is 14.9 Å². The highest BCUT2D eigenvalue weighted by Crippen LogP contribution is 2.21. The number of carboxylic acid groups (broad SMARTS) is 1. The van der Waals surface area contributed by atoms with Crippen molar-refractivity contribution in [2.45, 2.75) is 19.1 Å². The topological polar surface area (TPSA) is 98.7 Å². The third kappa shape index (κ3) is 4.08. The van der Waals surface area contributed by atoms with Crippen molar-refractivity contribution in [3.8, 4) is 0 Å². The molecule has 1 aromatic carbocycles. The summed E-state index contributed by atoms with van der Waals surface area (Å²) in [5.74, 6) is -2.24. The molecule has 1 aromatic rings. The second kappa shape index (κ2) is 6.35. The number of rotatable bonds is 4. The molecule has 2 unspecified atom stereocenters. The fraction of sp³-hybridized carbons (Fsp3) is 0.273. The number of halogens is 2. The van der Waals surface area contributed by atoms with E-state index in [0.29, 0.717) is 0 Å². The molecule has 0 radical (unpaired) electrons. The standard InChI is InChI=1S/C11H12ClFN2O4/c1-5(16)9(10(17)18)15-11(19)14-7-4-2-3-6(12)8(7)13/h2-5,9,16H,1H3,(H,17,18)(H2,14,15,19). The summed E-state index contributed by atoms with van der Waals surface area (Å²) >= 11 is 5.52. The molecule has 0 saturated carbocycles. The summed E-state index contributed by atoms with van der Waals surface area (Å²) in [5, 5.41) is 21.9. The van der Waals surface area contributed by atoms with E-state index in [9.17, 15) is 19.1 Å². The van der Waals surface area contributed by atoms with Crippen LogP contribution in [0.5, 0.6) is 0 Å². The van der Waals surface area contributed by atoms with Gasteiger partial charge in [-0.15, -0.1) is 0 Å². The highest BCUT2D eigenvalue weighted by atomic mass is 35.5. The summed E-state index contributed by atoms with van der Waals surface area (Å²) in [6.45, 7) is 1.21. The van der Waals surface area contributed by atoms with E-state index < -0.39 is 30.0 Å². The molecule has 0 bridgehead atoms. The van der Waals surface area contributed by atoms with E-state index in [0.717, 1.165) is 0 Å². The van der Waals surface area contributed by atoms with Gasteiger partial charge >= 0.3 is 12.0 Å². The molecular weight excluding hydrogens is 279 g/mol. The summed E-state index contributed by atoms with van der Waals surface area (Å²) < 4.78 is 13.5. The van der Waals surface area contributed by atoms with Crippen LogP contribution in [0.2, 0.25) is 5.02 Å². The smallest absolute Gasteiger partial charge is 0.328 e. The number of amides is 2. The lowest BCUT2D eigenvalue weighted by Gasteiger charge is -2.17. The number of carbonyl (C=O) groups excluding carboxylic acids is 1. The molecule has 104 valence electrons. The molecule has 6 nitrogen and oxygen atoms in total. The Morgan fingerprint density at radius 3 is 2.58 bits per heavy atom. The Bertz CT molecular complexity index is 496. The van der Waals surface area contributed by atoms with Gasteiger partial charge < -0.3 is 20.8 Å². The fourth-order valence-electron chi connectivity index (χ4n) is 1.29. The Hall–Kier alpha value is -1.86. The first kappa shape index (κ1) is 15.2. The maximum Gasteiger partial charge on any atom is 0.328 e. The van der Waals surface area contributed by atoms with Gasteiger partial charge in [0.2, 0.25) is 0 Å². The van der Waals surface area contributed by atoms with Gasteiger partial charge in [0, 0.05) is 0 Å². The Morgan fingerprint density at radius 1 is 1.42 bits per heavy atom. The van der Waals surface area contributed by atoms with E-state index in [1.54, 1.807) is 0 Å². The van der Waals surface area contributed by atoms with Crippen LogP contribution in [0.3, 0.4) is 0 Å². The lowest BCUT2D eigenvalue weighted by molar-refractivity contribution is -0.141. The van der Waals surface area contributed by atoms with Gasteiger partial charge in [0.15, 0.2) is 11.9 Å². The van der Waals surface area contributed by atoms with Crippen molar-refractivity contribution in [2.24, 2.45) is 0 Å². The van der Waals surface area contributed by atoms with Crippen LogP contribution in [0, 0.1) is 5.82 Å². The molecule has 4 N–H and O–H groups in total. The molecular formula is C11H12ClFN2O4. The van der Waals surface area contributed by atoms with Crippen molar-refractivity contribution in [3.63, 3.8) is 0 Å². The first-order chi connectivity index (χ1) is 8.82. The Balaban J connectivity index is 2.75. The molecule has 2 amide bonds. The number of carbonyl (C=O) groups is 2. The predicted octanol–water partition coefficient (Wildman–Crippen LogP) is 1.43. The number of nitrogens with one attached hydrogen (secondary N) is 2. The minimum Gasteiger partial charge on any atom is -0.480 e. The van der Waals surface area contributed by atoms with Crippen molar-refractivity contribution >= 4 is 29.3 Å². The normalized spacial score (nSPS) is 13.5. The highest BCUT2D eigenvalue weighted by Gasteiger charge is 2.25. The van der Waals surface area contributed by atoms with Crippen LogP contribution in [-0.4, -0.2) is 34.4 Å². The van der Waals surface area contributed by atoms with Crippen LogP contribution in [-0.2, 0) is 4.79 Å². The van der Waals surface area contributed by atoms with Gasteiger partial charge in [-0.25, -0.2) is 14.0 Å². The molecule has 0 fully saturated rings. The number of benzene rings is 1. The van der Waals surface area contributed by atoms with Gasteiger partial charge in [-0.3, -0.25) is 0 Å². The molecule has 0 aliphatic heterocycles. The number of anilines is 1. The first-order valence-corrected chi connectivity index (χ1v) is 5.63. The summed E-state index contributed by atoms with van der Waals surface area (Å²) in [7, 11) is 0. The summed E-state index contributed by atoms with van der Waals surface area (Å²) in [4.78, 5) is 22.2. The van der Waals surface area contributed by atoms with Crippen LogP contribution >= 0.6 is 11.6 Å². The number of aliphatic carboxylic acids is 1. The number of carboxylic acids is 1. The molecule has 0 aliphatic rings. The highest BCUT2D eigenvalue weighted by molar-refractivity contribution is 6.31. The van der Waals surface area contributed by atoms with Crippen LogP contribution in [0.1, 0.15) is 6.92 Å². The second-order valence-corrected chi connectivity index (χ2v) is 4.16. The third-order valence-electron chi connectivity index (χ3n) is 2.23. The maximum absolute atomic E-state index is 13.5. The van der Waals surface area contributed by atoms with Gasteiger partial charge in [-0.05, 0) is 19.1 Å². The van der Waals surface area contributed by atoms with Crippen molar-refractivity contribution in [2.75, 3.05) is 5.32 Å². The lowest BCUT2D eigenvalue weighted by atomic mass is 10.2. The van der Waals surface area contributed by atoms with E-state index in [1.807, 2.05) is 5.32 Å². The van der Waals surface area contributed by atoms with Gasteiger partial charge in [0.05, 0.1) is 16.8 Å². The average Bonchev–Trinajstić information content (AvgIpc) is 2.31. The first-order valence-electron chi connectivity index (χ1n) is 5.25. The number of aliphatic hydroxyl groups excluding tert-OH is 1. The van der Waals surface area contributed by atoms with Crippen molar-refractivity contribution in [3.05, 3.63) is 29.0 Å². The monoisotopic (exact) mass is 290 g/mol. The molecule has 8 heteroatoms. The van der Waals surface area contributed by atoms with Crippen molar-refractivity contribution in [1.82, 2.24) is 5.32 Å². The van der Waals surface area contributed by atoms with Crippen LogP contribution < -0.4 is 10.6 Å². The van der Waals surface area contributed by atoms with Crippen molar-refractivity contribution in [1.29, 1.82) is 0 Å². The second-order valence-electron chi connectivity index (χ2n) is 3.76. The van der Waals surface area contributed by atoms with Crippen LogP contribution in [0.15, 0.2) is 18.2 Å². The van der Waals surface area contributed by atoms with Gasteiger partial charge in [0.25, 0.3) is 0 Å². The molecule has 19 heavy (non-hydrogen) atoms. The number of hydrogen-bond acceptors (Lipinski definition) is 3.